The van der Waals surface area contributed by atoms with Crippen LogP contribution in [0.25, 0.3) is 0 Å². The van der Waals surface area contributed by atoms with Gasteiger partial charge in [0.2, 0.25) is 0 Å². The van der Waals surface area contributed by atoms with E-state index in [0.717, 1.165) is 63.1 Å². The summed E-state index contributed by atoms with van der Waals surface area (Å²) in [5.74, 6) is 1.41. The lowest BCUT2D eigenvalue weighted by atomic mass is 9.71. The third-order valence-corrected chi connectivity index (χ3v) is 7.06. The fraction of sp³-hybridized carbons (Fsp3) is 0.520. The summed E-state index contributed by atoms with van der Waals surface area (Å²) >= 11 is 2.27. The number of allylic oxidation sites excluding steroid dienone is 4. The second-order valence-corrected chi connectivity index (χ2v) is 9.86. The van der Waals surface area contributed by atoms with E-state index in [2.05, 4.69) is 33.6 Å². The minimum atomic E-state index is -0.317. The maximum atomic E-state index is 13.2. The monoisotopic (exact) mass is 535 g/mol. The molecule has 5 nitrogen and oxygen atoms in total. The van der Waals surface area contributed by atoms with Crippen LogP contribution in [0.4, 0.5) is 0 Å². The molecule has 0 fully saturated rings. The Bertz CT molecular complexity index is 947. The lowest BCUT2D eigenvalue weighted by Gasteiger charge is -2.42. The molecule has 0 spiro atoms. The van der Waals surface area contributed by atoms with E-state index in [1.165, 1.54) is 0 Å². The summed E-state index contributed by atoms with van der Waals surface area (Å²) in [7, 11) is 2.02. The van der Waals surface area contributed by atoms with Crippen LogP contribution in [0.2, 0.25) is 0 Å². The van der Waals surface area contributed by atoms with E-state index < -0.39 is 0 Å². The number of ether oxygens (including phenoxy) is 2. The lowest BCUT2D eigenvalue weighted by Crippen LogP contribution is -2.37. The van der Waals surface area contributed by atoms with Crippen molar-refractivity contribution in [2.75, 3.05) is 13.7 Å². The quantitative estimate of drug-likeness (QED) is 0.465. The third kappa shape index (κ3) is 4.03. The highest BCUT2D eigenvalue weighted by molar-refractivity contribution is 14.1. The van der Waals surface area contributed by atoms with Crippen molar-refractivity contribution in [1.82, 2.24) is 4.90 Å². The van der Waals surface area contributed by atoms with Crippen LogP contribution in [-0.2, 0) is 9.59 Å². The highest BCUT2D eigenvalue weighted by atomic mass is 127. The van der Waals surface area contributed by atoms with Crippen LogP contribution >= 0.6 is 22.6 Å². The van der Waals surface area contributed by atoms with E-state index in [1.54, 1.807) is 0 Å². The van der Waals surface area contributed by atoms with Gasteiger partial charge in [0, 0.05) is 48.3 Å². The van der Waals surface area contributed by atoms with Gasteiger partial charge in [-0.3, -0.25) is 9.59 Å². The first-order chi connectivity index (χ1) is 14.8. The highest BCUT2D eigenvalue weighted by Gasteiger charge is 2.42. The molecule has 6 heteroatoms. The lowest BCUT2D eigenvalue weighted by molar-refractivity contribution is -0.117. The number of hydrogen-bond acceptors (Lipinski definition) is 5. The zero-order valence-electron chi connectivity index (χ0n) is 18.7. The number of benzene rings is 1. The summed E-state index contributed by atoms with van der Waals surface area (Å²) in [6.45, 7) is 6.45. The van der Waals surface area contributed by atoms with Crippen molar-refractivity contribution in [3.63, 3.8) is 0 Å². The van der Waals surface area contributed by atoms with Gasteiger partial charge in [-0.25, -0.2) is 0 Å². The van der Waals surface area contributed by atoms with Crippen molar-refractivity contribution in [3.05, 3.63) is 43.8 Å². The molecule has 0 N–H and O–H groups in total. The summed E-state index contributed by atoms with van der Waals surface area (Å²) in [6, 6.07) is 4.05. The molecule has 3 aliphatic rings. The van der Waals surface area contributed by atoms with Crippen LogP contribution in [-0.4, -0.2) is 36.2 Å². The van der Waals surface area contributed by atoms with Crippen LogP contribution in [0.15, 0.2) is 34.7 Å². The van der Waals surface area contributed by atoms with E-state index in [0.29, 0.717) is 25.2 Å². The van der Waals surface area contributed by atoms with Gasteiger partial charge in [-0.05, 0) is 86.7 Å². The van der Waals surface area contributed by atoms with E-state index in [4.69, 9.17) is 9.47 Å². The van der Waals surface area contributed by atoms with Gasteiger partial charge < -0.3 is 14.4 Å². The fourth-order valence-corrected chi connectivity index (χ4v) is 5.81. The van der Waals surface area contributed by atoms with Crippen molar-refractivity contribution in [3.8, 4) is 11.5 Å². The number of carbonyl (C=O) groups excluding carboxylic acids is 2. The molecule has 0 amide bonds. The molecule has 4 rings (SSSR count). The Morgan fingerprint density at radius 1 is 1.03 bits per heavy atom. The van der Waals surface area contributed by atoms with Crippen LogP contribution in [0.1, 0.15) is 70.8 Å². The molecular weight excluding hydrogens is 505 g/mol. The molecule has 0 bridgehead atoms. The standard InChI is InChI=1S/C25H30INO4/c1-5-30-21-13-15(12-16(26)25(21)31-14(2)3)22-23-17(8-6-10-19(23)28)27(4)18-9-7-11-20(29)24(18)22/h12-14,22H,5-11H2,1-4H3. The molecule has 0 saturated carbocycles. The van der Waals surface area contributed by atoms with Crippen LogP contribution < -0.4 is 9.47 Å². The van der Waals surface area contributed by atoms with Crippen molar-refractivity contribution < 1.29 is 19.1 Å². The molecule has 1 aromatic carbocycles. The van der Waals surface area contributed by atoms with Crippen LogP contribution in [0.3, 0.4) is 0 Å². The van der Waals surface area contributed by atoms with Crippen molar-refractivity contribution in [1.29, 1.82) is 0 Å². The number of halogens is 1. The third-order valence-electron chi connectivity index (χ3n) is 6.26. The molecule has 166 valence electrons. The summed E-state index contributed by atoms with van der Waals surface area (Å²) in [5, 5.41) is 0. The number of hydrogen-bond donors (Lipinski definition) is 0. The molecule has 0 unspecified atom stereocenters. The largest absolute Gasteiger partial charge is 0.490 e. The van der Waals surface area contributed by atoms with Gasteiger partial charge in [0.05, 0.1) is 16.3 Å². The Morgan fingerprint density at radius 2 is 1.61 bits per heavy atom. The van der Waals surface area contributed by atoms with E-state index in [9.17, 15) is 9.59 Å². The summed E-state index contributed by atoms with van der Waals surface area (Å²) in [4.78, 5) is 28.5. The fourth-order valence-electron chi connectivity index (χ4n) is 5.05. The number of rotatable bonds is 5. The SMILES string of the molecule is CCOc1cc(C2C3=C(CCCC3=O)N(C)C3=C2C(=O)CCC3)cc(I)c1OC(C)C. The summed E-state index contributed by atoms with van der Waals surface area (Å²) in [6.07, 6.45) is 4.60. The predicted octanol–water partition coefficient (Wildman–Crippen LogP) is 5.52. The topological polar surface area (TPSA) is 55.8 Å². The molecule has 31 heavy (non-hydrogen) atoms. The Labute approximate surface area is 198 Å². The number of carbonyl (C=O) groups is 2. The van der Waals surface area contributed by atoms with Crippen LogP contribution in [0, 0.1) is 3.57 Å². The number of ketones is 2. The molecule has 1 heterocycles. The molecule has 0 aromatic heterocycles. The first kappa shape index (κ1) is 22.4. The van der Waals surface area contributed by atoms with Gasteiger partial charge in [0.25, 0.3) is 0 Å². The van der Waals surface area contributed by atoms with Gasteiger partial charge in [-0.15, -0.1) is 0 Å². The van der Waals surface area contributed by atoms with Crippen LogP contribution in [0.5, 0.6) is 11.5 Å². The Morgan fingerprint density at radius 3 is 2.13 bits per heavy atom. The molecule has 2 aliphatic carbocycles. The van der Waals surface area contributed by atoms with Gasteiger partial charge in [0.15, 0.2) is 23.1 Å². The second kappa shape index (κ2) is 8.96. The summed E-state index contributed by atoms with van der Waals surface area (Å²) < 4.78 is 12.9. The first-order valence-electron chi connectivity index (χ1n) is 11.2. The summed E-state index contributed by atoms with van der Waals surface area (Å²) in [5.41, 5.74) is 4.73. The Hall–Kier alpha value is -1.83. The Kier molecular flexibility index (Phi) is 6.47. The van der Waals surface area contributed by atoms with E-state index >= 15 is 0 Å². The van der Waals surface area contributed by atoms with Gasteiger partial charge in [-0.2, -0.15) is 0 Å². The molecule has 1 aromatic rings. The minimum absolute atomic E-state index is 0.0189. The zero-order valence-corrected chi connectivity index (χ0v) is 20.9. The molecule has 1 aliphatic heterocycles. The molecule has 0 radical (unpaired) electrons. The average molecular weight is 535 g/mol. The molecular formula is C25H30INO4. The molecule has 0 saturated heterocycles. The maximum Gasteiger partial charge on any atom is 0.174 e. The molecule has 0 atom stereocenters. The number of Topliss-reactive ketones (excluding diaryl/α,β-unsaturated/α-hetero) is 2. The normalized spacial score (nSPS) is 19.7. The van der Waals surface area contributed by atoms with Crippen molar-refractivity contribution in [2.24, 2.45) is 0 Å². The smallest absolute Gasteiger partial charge is 0.174 e. The number of nitrogens with zero attached hydrogens (tertiary/aromatic N) is 1. The first-order valence-corrected chi connectivity index (χ1v) is 12.3. The minimum Gasteiger partial charge on any atom is -0.490 e. The maximum absolute atomic E-state index is 13.2. The predicted molar refractivity (Wildman–Crippen MR) is 128 cm³/mol. The zero-order chi connectivity index (χ0) is 22.3. The van der Waals surface area contributed by atoms with E-state index in [1.807, 2.05) is 33.9 Å². The van der Waals surface area contributed by atoms with Gasteiger partial charge >= 0.3 is 0 Å². The highest BCUT2D eigenvalue weighted by Crippen LogP contribution is 2.50. The van der Waals surface area contributed by atoms with Crippen molar-refractivity contribution in [2.45, 2.75) is 71.3 Å². The average Bonchev–Trinajstić information content (AvgIpc) is 2.72. The van der Waals surface area contributed by atoms with Crippen molar-refractivity contribution >= 4 is 34.2 Å². The Balaban J connectivity index is 1.93. The van der Waals surface area contributed by atoms with E-state index in [-0.39, 0.29) is 23.6 Å². The van der Waals surface area contributed by atoms with Gasteiger partial charge in [0.1, 0.15) is 0 Å². The second-order valence-electron chi connectivity index (χ2n) is 8.70. The van der Waals surface area contributed by atoms with Gasteiger partial charge in [-0.1, -0.05) is 0 Å².